The van der Waals surface area contributed by atoms with Crippen molar-refractivity contribution in [2.45, 2.75) is 13.3 Å². The van der Waals surface area contributed by atoms with Gasteiger partial charge >= 0.3 is 0 Å². The largest absolute Gasteiger partial charge is 0.496 e. The maximum absolute atomic E-state index is 5.56. The number of hydrogen-bond acceptors (Lipinski definition) is 6. The zero-order chi connectivity index (χ0) is 22.1. The summed E-state index contributed by atoms with van der Waals surface area (Å²) in [4.78, 5) is 14.0. The van der Waals surface area contributed by atoms with E-state index in [1.807, 2.05) is 30.5 Å². The number of rotatable bonds is 8. The summed E-state index contributed by atoms with van der Waals surface area (Å²) in [5.41, 5.74) is 0.991. The molecule has 0 spiro atoms. The van der Waals surface area contributed by atoms with Crippen LogP contribution in [-0.2, 0) is 6.42 Å². The van der Waals surface area contributed by atoms with Crippen molar-refractivity contribution < 1.29 is 14.2 Å². The van der Waals surface area contributed by atoms with Crippen molar-refractivity contribution in [2.24, 2.45) is 4.99 Å². The molecule has 1 N–H and O–H groups in total. The molecule has 2 aromatic rings. The van der Waals surface area contributed by atoms with Crippen LogP contribution in [0.3, 0.4) is 0 Å². The van der Waals surface area contributed by atoms with Crippen LogP contribution < -0.4 is 24.4 Å². The third-order valence-electron chi connectivity index (χ3n) is 5.33. The van der Waals surface area contributed by atoms with Crippen LogP contribution in [0.1, 0.15) is 12.5 Å². The molecule has 1 aromatic heterocycles. The van der Waals surface area contributed by atoms with Gasteiger partial charge in [-0.05, 0) is 25.5 Å². The van der Waals surface area contributed by atoms with Crippen molar-refractivity contribution in [3.8, 4) is 17.2 Å². The van der Waals surface area contributed by atoms with Crippen LogP contribution in [0.4, 0.5) is 5.82 Å². The minimum atomic E-state index is 0.627. The van der Waals surface area contributed by atoms with E-state index in [0.29, 0.717) is 18.7 Å². The molecule has 0 unspecified atom stereocenters. The summed E-state index contributed by atoms with van der Waals surface area (Å²) < 4.78 is 16.5. The molecular formula is C23H33N5O3. The molecule has 1 aromatic carbocycles. The highest BCUT2D eigenvalue weighted by Gasteiger charge is 2.20. The third kappa shape index (κ3) is 5.71. The van der Waals surface area contributed by atoms with Gasteiger partial charge in [0.25, 0.3) is 0 Å². The van der Waals surface area contributed by atoms with Gasteiger partial charge in [0.15, 0.2) is 5.96 Å². The summed E-state index contributed by atoms with van der Waals surface area (Å²) in [6.07, 6.45) is 2.55. The Balaban J connectivity index is 1.66. The van der Waals surface area contributed by atoms with Crippen molar-refractivity contribution in [2.75, 3.05) is 65.5 Å². The lowest BCUT2D eigenvalue weighted by Gasteiger charge is -2.37. The van der Waals surface area contributed by atoms with E-state index in [4.69, 9.17) is 19.2 Å². The molecule has 1 saturated heterocycles. The molecule has 0 atom stereocenters. The Labute approximate surface area is 184 Å². The predicted molar refractivity (Wildman–Crippen MR) is 124 cm³/mol. The van der Waals surface area contributed by atoms with Crippen molar-refractivity contribution in [1.29, 1.82) is 0 Å². The van der Waals surface area contributed by atoms with Crippen molar-refractivity contribution in [3.63, 3.8) is 0 Å². The monoisotopic (exact) mass is 427 g/mol. The van der Waals surface area contributed by atoms with E-state index in [9.17, 15) is 0 Å². The molecule has 168 valence electrons. The minimum absolute atomic E-state index is 0.627. The second kappa shape index (κ2) is 11.3. The number of aliphatic imine (C=N–C) groups is 1. The van der Waals surface area contributed by atoms with E-state index >= 15 is 0 Å². The number of anilines is 1. The first kappa shape index (κ1) is 22.5. The average molecular weight is 428 g/mol. The number of piperazine rings is 1. The van der Waals surface area contributed by atoms with E-state index in [1.54, 1.807) is 21.3 Å². The number of hydrogen-bond donors (Lipinski definition) is 1. The molecule has 0 radical (unpaired) electrons. The fraction of sp³-hybridized carbons (Fsp3) is 0.478. The SMILES string of the molecule is CCNC(=NCCc1c(OC)cc(OC)cc1OC)N1CCN(c2ccccn2)CC1. The molecule has 3 rings (SSSR count). The molecule has 0 amide bonds. The number of pyridine rings is 1. The van der Waals surface area contributed by atoms with Gasteiger partial charge in [-0.1, -0.05) is 6.07 Å². The van der Waals surface area contributed by atoms with E-state index in [-0.39, 0.29) is 0 Å². The Morgan fingerprint density at radius 3 is 2.29 bits per heavy atom. The molecule has 8 nitrogen and oxygen atoms in total. The van der Waals surface area contributed by atoms with Crippen LogP contribution >= 0.6 is 0 Å². The predicted octanol–water partition coefficient (Wildman–Crippen LogP) is 2.44. The highest BCUT2D eigenvalue weighted by atomic mass is 16.5. The first-order valence-corrected chi connectivity index (χ1v) is 10.7. The van der Waals surface area contributed by atoms with Crippen LogP contribution in [0, 0.1) is 0 Å². The third-order valence-corrected chi connectivity index (χ3v) is 5.33. The van der Waals surface area contributed by atoms with Crippen LogP contribution in [0.2, 0.25) is 0 Å². The van der Waals surface area contributed by atoms with Crippen LogP contribution in [0.5, 0.6) is 17.2 Å². The summed E-state index contributed by atoms with van der Waals surface area (Å²) in [5.74, 6) is 4.18. The van der Waals surface area contributed by atoms with E-state index in [0.717, 1.165) is 61.6 Å². The molecule has 0 bridgehead atoms. The Morgan fingerprint density at radius 2 is 1.74 bits per heavy atom. The molecule has 1 aliphatic heterocycles. The standard InChI is InChI=1S/C23H33N5O3/c1-5-24-23(28-14-12-27(13-15-28)22-8-6-7-10-25-22)26-11-9-19-20(30-3)16-18(29-2)17-21(19)31-4/h6-8,10,16-17H,5,9,11-15H2,1-4H3,(H,24,26). The highest BCUT2D eigenvalue weighted by Crippen LogP contribution is 2.34. The molecule has 8 heteroatoms. The van der Waals surface area contributed by atoms with Crippen molar-refractivity contribution in [3.05, 3.63) is 42.1 Å². The van der Waals surface area contributed by atoms with Gasteiger partial charge in [-0.2, -0.15) is 0 Å². The highest BCUT2D eigenvalue weighted by molar-refractivity contribution is 5.80. The number of methoxy groups -OCH3 is 3. The number of aromatic nitrogens is 1. The van der Waals surface area contributed by atoms with E-state index < -0.39 is 0 Å². The topological polar surface area (TPSA) is 71.5 Å². The summed E-state index contributed by atoms with van der Waals surface area (Å²) in [6, 6.07) is 9.79. The molecule has 1 aliphatic rings. The summed E-state index contributed by atoms with van der Waals surface area (Å²) in [6.45, 7) is 7.18. The summed E-state index contributed by atoms with van der Waals surface area (Å²) in [7, 11) is 4.95. The Bertz CT molecular complexity index is 827. The lowest BCUT2D eigenvalue weighted by molar-refractivity contribution is 0.367. The lowest BCUT2D eigenvalue weighted by atomic mass is 10.1. The zero-order valence-corrected chi connectivity index (χ0v) is 18.9. The van der Waals surface area contributed by atoms with Gasteiger partial charge in [-0.3, -0.25) is 4.99 Å². The summed E-state index contributed by atoms with van der Waals surface area (Å²) >= 11 is 0. The van der Waals surface area contributed by atoms with Gasteiger partial charge in [0, 0.05) is 63.2 Å². The van der Waals surface area contributed by atoms with Gasteiger partial charge in [0.2, 0.25) is 0 Å². The Morgan fingerprint density at radius 1 is 1.03 bits per heavy atom. The van der Waals surface area contributed by atoms with Crippen molar-refractivity contribution >= 4 is 11.8 Å². The minimum Gasteiger partial charge on any atom is -0.496 e. The number of benzene rings is 1. The fourth-order valence-corrected chi connectivity index (χ4v) is 3.71. The van der Waals surface area contributed by atoms with Gasteiger partial charge in [0.05, 0.1) is 21.3 Å². The lowest BCUT2D eigenvalue weighted by Crippen LogP contribution is -2.52. The van der Waals surface area contributed by atoms with E-state index in [2.05, 4.69) is 33.1 Å². The maximum atomic E-state index is 5.56. The van der Waals surface area contributed by atoms with Crippen LogP contribution in [0.25, 0.3) is 0 Å². The van der Waals surface area contributed by atoms with Gasteiger partial charge in [-0.25, -0.2) is 4.98 Å². The number of ether oxygens (including phenoxy) is 3. The van der Waals surface area contributed by atoms with Gasteiger partial charge in [-0.15, -0.1) is 0 Å². The van der Waals surface area contributed by atoms with E-state index in [1.165, 1.54) is 0 Å². The maximum Gasteiger partial charge on any atom is 0.194 e. The molecule has 31 heavy (non-hydrogen) atoms. The Kier molecular flexibility index (Phi) is 8.20. The second-order valence-corrected chi connectivity index (χ2v) is 7.16. The summed E-state index contributed by atoms with van der Waals surface area (Å²) in [5, 5.41) is 3.43. The van der Waals surface area contributed by atoms with Crippen molar-refractivity contribution in [1.82, 2.24) is 15.2 Å². The fourth-order valence-electron chi connectivity index (χ4n) is 3.71. The smallest absolute Gasteiger partial charge is 0.194 e. The number of guanidine groups is 1. The number of nitrogens with zero attached hydrogens (tertiary/aromatic N) is 4. The number of nitrogens with one attached hydrogen (secondary N) is 1. The first-order valence-electron chi connectivity index (χ1n) is 10.7. The molecular weight excluding hydrogens is 394 g/mol. The molecule has 0 aliphatic carbocycles. The second-order valence-electron chi connectivity index (χ2n) is 7.16. The first-order chi connectivity index (χ1) is 15.2. The normalized spacial score (nSPS) is 14.4. The van der Waals surface area contributed by atoms with Gasteiger partial charge in [0.1, 0.15) is 23.1 Å². The molecule has 0 saturated carbocycles. The average Bonchev–Trinajstić information content (AvgIpc) is 2.84. The quantitative estimate of drug-likeness (QED) is 0.512. The molecule has 1 fully saturated rings. The van der Waals surface area contributed by atoms with Crippen LogP contribution in [0.15, 0.2) is 41.5 Å². The van der Waals surface area contributed by atoms with Gasteiger partial charge < -0.3 is 29.3 Å². The molecule has 2 heterocycles. The Hall–Kier alpha value is -3.16. The van der Waals surface area contributed by atoms with Crippen LogP contribution in [-0.4, -0.2) is 76.4 Å². The zero-order valence-electron chi connectivity index (χ0n) is 18.9.